The largest absolute Gasteiger partial charge is 0.504 e. The zero-order valence-electron chi connectivity index (χ0n) is 9.53. The van der Waals surface area contributed by atoms with Crippen molar-refractivity contribution < 1.29 is 20.1 Å². The van der Waals surface area contributed by atoms with Crippen LogP contribution in [0.25, 0.3) is 22.1 Å². The topological polar surface area (TPSA) is 104 Å². The summed E-state index contributed by atoms with van der Waals surface area (Å²) in [5.74, 6) is -1.72. The summed E-state index contributed by atoms with van der Waals surface area (Å²) in [4.78, 5) is 19.5. The molecular formula is C13H8N2O4. The van der Waals surface area contributed by atoms with Gasteiger partial charge in [0.25, 0.3) is 0 Å². The van der Waals surface area contributed by atoms with Crippen LogP contribution in [0.15, 0.2) is 30.3 Å². The van der Waals surface area contributed by atoms with Gasteiger partial charge in [-0.25, -0.2) is 14.8 Å². The molecule has 0 aliphatic heterocycles. The minimum Gasteiger partial charge on any atom is -0.504 e. The molecule has 0 bridgehead atoms. The molecule has 0 aliphatic rings. The summed E-state index contributed by atoms with van der Waals surface area (Å²) in [6, 6.07) is 7.18. The summed E-state index contributed by atoms with van der Waals surface area (Å²) in [5.41, 5.74) is 1.39. The van der Waals surface area contributed by atoms with Crippen molar-refractivity contribution >= 4 is 28.0 Å². The number of aromatic hydroxyl groups is 2. The summed E-state index contributed by atoms with van der Waals surface area (Å²) in [6.45, 7) is 0. The van der Waals surface area contributed by atoms with Gasteiger partial charge in [0.2, 0.25) is 0 Å². The predicted molar refractivity (Wildman–Crippen MR) is 67.3 cm³/mol. The first-order valence-electron chi connectivity index (χ1n) is 5.42. The van der Waals surface area contributed by atoms with Crippen molar-refractivity contribution in [1.29, 1.82) is 0 Å². The maximum Gasteiger partial charge on any atom is 0.337 e. The molecule has 0 unspecified atom stereocenters. The first-order chi connectivity index (χ1) is 9.06. The number of phenols is 2. The number of rotatable bonds is 1. The predicted octanol–water partition coefficient (Wildman–Crippen LogP) is 1.89. The van der Waals surface area contributed by atoms with Crippen LogP contribution in [0.3, 0.4) is 0 Å². The Hall–Kier alpha value is -2.89. The third kappa shape index (κ3) is 1.70. The number of fused-ring (bicyclic) bond motifs is 2. The molecule has 3 rings (SSSR count). The standard InChI is InChI=1S/C13H8N2O4/c16-10-4-8-9(5-11(10)17)15-12-6(13(18)19)2-1-3-7(12)14-8/h1-5,16-17H,(H,18,19). The second kappa shape index (κ2) is 3.81. The smallest absolute Gasteiger partial charge is 0.337 e. The zero-order chi connectivity index (χ0) is 13.6. The molecule has 94 valence electrons. The maximum atomic E-state index is 11.1. The van der Waals surface area contributed by atoms with Crippen LogP contribution in [0.2, 0.25) is 0 Å². The van der Waals surface area contributed by atoms with Crippen LogP contribution in [0.5, 0.6) is 11.5 Å². The molecule has 3 N–H and O–H groups in total. The molecule has 0 radical (unpaired) electrons. The van der Waals surface area contributed by atoms with Crippen molar-refractivity contribution in [2.24, 2.45) is 0 Å². The van der Waals surface area contributed by atoms with Crippen LogP contribution >= 0.6 is 0 Å². The Bertz CT molecular complexity index is 830. The molecule has 0 saturated heterocycles. The fourth-order valence-electron chi connectivity index (χ4n) is 1.90. The maximum absolute atomic E-state index is 11.1. The van der Waals surface area contributed by atoms with E-state index < -0.39 is 5.97 Å². The van der Waals surface area contributed by atoms with Gasteiger partial charge in [-0.1, -0.05) is 6.07 Å². The number of carboxylic acid groups (broad SMARTS) is 1. The monoisotopic (exact) mass is 256 g/mol. The van der Waals surface area contributed by atoms with Crippen molar-refractivity contribution in [3.8, 4) is 11.5 Å². The number of aromatic nitrogens is 2. The molecule has 0 fully saturated rings. The Kier molecular flexibility index (Phi) is 2.25. The van der Waals surface area contributed by atoms with Crippen molar-refractivity contribution in [2.45, 2.75) is 0 Å². The van der Waals surface area contributed by atoms with E-state index in [2.05, 4.69) is 9.97 Å². The van der Waals surface area contributed by atoms with Crippen LogP contribution in [-0.2, 0) is 0 Å². The normalized spacial score (nSPS) is 10.9. The molecule has 0 aliphatic carbocycles. The van der Waals surface area contributed by atoms with E-state index in [1.165, 1.54) is 18.2 Å². The lowest BCUT2D eigenvalue weighted by molar-refractivity contribution is 0.0699. The van der Waals surface area contributed by atoms with Crippen LogP contribution < -0.4 is 0 Å². The summed E-state index contributed by atoms with van der Waals surface area (Å²) in [7, 11) is 0. The van der Waals surface area contributed by atoms with E-state index in [-0.39, 0.29) is 22.6 Å². The van der Waals surface area contributed by atoms with Gasteiger partial charge in [0.15, 0.2) is 11.5 Å². The van der Waals surface area contributed by atoms with Gasteiger partial charge in [0.1, 0.15) is 5.52 Å². The Morgan fingerprint density at radius 1 is 0.947 bits per heavy atom. The number of hydrogen-bond donors (Lipinski definition) is 3. The van der Waals surface area contributed by atoms with Gasteiger partial charge in [-0.05, 0) is 12.1 Å². The van der Waals surface area contributed by atoms with Gasteiger partial charge in [-0.2, -0.15) is 0 Å². The Morgan fingerprint density at radius 3 is 2.21 bits per heavy atom. The van der Waals surface area contributed by atoms with Crippen LogP contribution in [-0.4, -0.2) is 31.3 Å². The Balaban J connectivity index is 2.45. The SMILES string of the molecule is O=C(O)c1cccc2nc3cc(O)c(O)cc3nc12. The molecule has 0 spiro atoms. The fraction of sp³-hybridized carbons (Fsp3) is 0. The van der Waals surface area contributed by atoms with E-state index in [0.29, 0.717) is 16.6 Å². The van der Waals surface area contributed by atoms with E-state index >= 15 is 0 Å². The summed E-state index contributed by atoms with van der Waals surface area (Å²) in [6.07, 6.45) is 0. The first kappa shape index (κ1) is 11.2. The molecule has 0 amide bonds. The number of hydrogen-bond acceptors (Lipinski definition) is 5. The highest BCUT2D eigenvalue weighted by atomic mass is 16.4. The number of aromatic carboxylic acids is 1. The van der Waals surface area contributed by atoms with E-state index in [9.17, 15) is 15.0 Å². The first-order valence-corrected chi connectivity index (χ1v) is 5.42. The van der Waals surface area contributed by atoms with Gasteiger partial charge in [0.05, 0.1) is 22.1 Å². The lowest BCUT2D eigenvalue weighted by Gasteiger charge is -2.05. The number of phenolic OH excluding ortho intramolecular Hbond substituents is 2. The second-order valence-corrected chi connectivity index (χ2v) is 4.03. The summed E-state index contributed by atoms with van der Waals surface area (Å²) < 4.78 is 0. The van der Waals surface area contributed by atoms with Crippen LogP contribution in [0.4, 0.5) is 0 Å². The number of para-hydroxylation sites is 1. The van der Waals surface area contributed by atoms with Gasteiger partial charge in [-0.15, -0.1) is 0 Å². The lowest BCUT2D eigenvalue weighted by Crippen LogP contribution is -2.00. The van der Waals surface area contributed by atoms with Crippen molar-refractivity contribution in [3.05, 3.63) is 35.9 Å². The molecule has 0 saturated carbocycles. The summed E-state index contributed by atoms with van der Waals surface area (Å²) >= 11 is 0. The van der Waals surface area contributed by atoms with Gasteiger partial charge >= 0.3 is 5.97 Å². The van der Waals surface area contributed by atoms with E-state index in [0.717, 1.165) is 0 Å². The van der Waals surface area contributed by atoms with Crippen molar-refractivity contribution in [2.75, 3.05) is 0 Å². The number of carboxylic acids is 1. The molecule has 19 heavy (non-hydrogen) atoms. The molecule has 2 aromatic carbocycles. The highest BCUT2D eigenvalue weighted by molar-refractivity contribution is 6.02. The third-order valence-corrected chi connectivity index (χ3v) is 2.79. The highest BCUT2D eigenvalue weighted by Gasteiger charge is 2.12. The number of benzene rings is 2. The summed E-state index contributed by atoms with van der Waals surface area (Å²) in [5, 5.41) is 28.0. The molecule has 1 aromatic heterocycles. The van der Waals surface area contributed by atoms with Crippen molar-refractivity contribution in [1.82, 2.24) is 9.97 Å². The Labute approximate surface area is 106 Å². The highest BCUT2D eigenvalue weighted by Crippen LogP contribution is 2.29. The van der Waals surface area contributed by atoms with Gasteiger partial charge in [-0.3, -0.25) is 0 Å². The molecule has 6 heteroatoms. The Morgan fingerprint density at radius 2 is 1.58 bits per heavy atom. The second-order valence-electron chi connectivity index (χ2n) is 4.03. The average Bonchev–Trinajstić information content (AvgIpc) is 2.37. The number of nitrogens with zero attached hydrogens (tertiary/aromatic N) is 2. The molecule has 1 heterocycles. The van der Waals surface area contributed by atoms with Gasteiger partial charge in [0, 0.05) is 12.1 Å². The van der Waals surface area contributed by atoms with E-state index in [1.807, 2.05) is 0 Å². The molecular weight excluding hydrogens is 248 g/mol. The molecule has 6 nitrogen and oxygen atoms in total. The van der Waals surface area contributed by atoms with Crippen molar-refractivity contribution in [3.63, 3.8) is 0 Å². The van der Waals surface area contributed by atoms with Crippen LogP contribution in [0, 0.1) is 0 Å². The van der Waals surface area contributed by atoms with Crippen LogP contribution in [0.1, 0.15) is 10.4 Å². The van der Waals surface area contributed by atoms with E-state index in [1.54, 1.807) is 12.1 Å². The molecule has 3 aromatic rings. The minimum atomic E-state index is -1.10. The fourth-order valence-corrected chi connectivity index (χ4v) is 1.90. The quantitative estimate of drug-likeness (QED) is 0.453. The minimum absolute atomic E-state index is 0.0412. The third-order valence-electron chi connectivity index (χ3n) is 2.79. The van der Waals surface area contributed by atoms with Gasteiger partial charge < -0.3 is 15.3 Å². The number of carbonyl (C=O) groups is 1. The van der Waals surface area contributed by atoms with E-state index in [4.69, 9.17) is 5.11 Å². The molecule has 0 atom stereocenters. The zero-order valence-corrected chi connectivity index (χ0v) is 9.53. The lowest BCUT2D eigenvalue weighted by atomic mass is 10.1. The average molecular weight is 256 g/mol.